The van der Waals surface area contributed by atoms with Crippen LogP contribution in [0.25, 0.3) is 11.1 Å². The van der Waals surface area contributed by atoms with E-state index in [1.165, 1.54) is 11.0 Å². The van der Waals surface area contributed by atoms with Crippen LogP contribution in [0.5, 0.6) is 0 Å². The number of nitrogens with zero attached hydrogens (tertiary/aromatic N) is 2. The molecule has 26 heavy (non-hydrogen) atoms. The van der Waals surface area contributed by atoms with Gasteiger partial charge in [-0.3, -0.25) is 0 Å². The topological polar surface area (TPSA) is 101 Å². The molecule has 142 valence electrons. The number of likely N-dealkylation sites (tertiary alicyclic amines) is 1. The van der Waals surface area contributed by atoms with Crippen molar-refractivity contribution in [3.63, 3.8) is 0 Å². The molecule has 0 aliphatic carbocycles. The van der Waals surface area contributed by atoms with Gasteiger partial charge in [-0.15, -0.1) is 0 Å². The third kappa shape index (κ3) is 3.27. The van der Waals surface area contributed by atoms with Crippen molar-refractivity contribution in [1.82, 2.24) is 9.88 Å². The van der Waals surface area contributed by atoms with E-state index < -0.39 is 21.2 Å². The number of carbonyl (C=O) groups is 1. The van der Waals surface area contributed by atoms with Crippen LogP contribution >= 0.6 is 11.6 Å². The molecule has 2 heterocycles. The third-order valence-corrected chi connectivity index (χ3v) is 7.29. The fourth-order valence-electron chi connectivity index (χ4n) is 3.05. The molecule has 0 atom stereocenters. The Morgan fingerprint density at radius 2 is 1.92 bits per heavy atom. The second-order valence-electron chi connectivity index (χ2n) is 7.51. The molecule has 7 nitrogen and oxygen atoms in total. The van der Waals surface area contributed by atoms with Crippen molar-refractivity contribution in [3.05, 3.63) is 23.0 Å². The summed E-state index contributed by atoms with van der Waals surface area (Å²) < 4.78 is 32.2. The maximum atomic E-state index is 13.2. The zero-order valence-corrected chi connectivity index (χ0v) is 16.4. The highest BCUT2D eigenvalue weighted by Crippen LogP contribution is 2.37. The Kier molecular flexibility index (Phi) is 4.69. The van der Waals surface area contributed by atoms with Crippen LogP contribution in [0.2, 0.25) is 5.02 Å². The van der Waals surface area contributed by atoms with E-state index in [0.717, 1.165) is 0 Å². The van der Waals surface area contributed by atoms with Gasteiger partial charge < -0.3 is 14.4 Å². The maximum Gasteiger partial charge on any atom is 0.407 e. The Hall–Kier alpha value is -1.80. The first-order chi connectivity index (χ1) is 12.0. The van der Waals surface area contributed by atoms with Gasteiger partial charge in [0.2, 0.25) is 5.89 Å². The molecule has 1 fully saturated rings. The number of oxazole rings is 1. The second kappa shape index (κ2) is 6.42. The molecule has 1 amide bonds. The Morgan fingerprint density at radius 3 is 2.46 bits per heavy atom. The molecule has 0 saturated carbocycles. The standard InChI is InChI=1S/C17H21ClN2O5S/c1-17(2,3)15-19-12-5-4-11(18)14(13(12)25-15)26(23,24)10-6-8-20(9-7-10)16(21)22/h4-5,10H,6-9H2,1-3H3,(H,21,22). The molecule has 0 spiro atoms. The SMILES string of the molecule is CC(C)(C)c1nc2ccc(Cl)c(S(=O)(=O)C3CCN(C(=O)O)CC3)c2o1. The van der Waals surface area contributed by atoms with Gasteiger partial charge in [-0.25, -0.2) is 18.2 Å². The minimum absolute atomic E-state index is 0.0477. The molecule has 1 saturated heterocycles. The average molecular weight is 401 g/mol. The number of benzene rings is 1. The van der Waals surface area contributed by atoms with Gasteiger partial charge in [-0.2, -0.15) is 0 Å². The molecule has 1 aliphatic rings. The van der Waals surface area contributed by atoms with E-state index >= 15 is 0 Å². The van der Waals surface area contributed by atoms with Crippen LogP contribution in [0.3, 0.4) is 0 Å². The Morgan fingerprint density at radius 1 is 1.31 bits per heavy atom. The largest absolute Gasteiger partial charge is 0.465 e. The monoisotopic (exact) mass is 400 g/mol. The summed E-state index contributed by atoms with van der Waals surface area (Å²) in [5.74, 6) is 0.437. The van der Waals surface area contributed by atoms with E-state index in [9.17, 15) is 13.2 Å². The highest BCUT2D eigenvalue weighted by atomic mass is 35.5. The fourth-order valence-corrected chi connectivity index (χ4v) is 5.43. The molecule has 2 aromatic rings. The number of aromatic nitrogens is 1. The van der Waals surface area contributed by atoms with Crippen molar-refractivity contribution < 1.29 is 22.7 Å². The molecule has 1 N–H and O–H groups in total. The van der Waals surface area contributed by atoms with Crippen molar-refractivity contribution in [3.8, 4) is 0 Å². The van der Waals surface area contributed by atoms with Crippen molar-refractivity contribution in [2.45, 2.75) is 49.2 Å². The Labute approximate surface area is 156 Å². The molecule has 1 aromatic heterocycles. The zero-order chi connectivity index (χ0) is 19.3. The Balaban J connectivity index is 2.05. The van der Waals surface area contributed by atoms with Crippen LogP contribution in [-0.4, -0.2) is 47.8 Å². The lowest BCUT2D eigenvalue weighted by Crippen LogP contribution is -2.41. The number of fused-ring (bicyclic) bond motifs is 1. The van der Waals surface area contributed by atoms with Crippen molar-refractivity contribution in [2.75, 3.05) is 13.1 Å². The number of hydrogen-bond acceptors (Lipinski definition) is 5. The van der Waals surface area contributed by atoms with E-state index in [0.29, 0.717) is 11.4 Å². The first kappa shape index (κ1) is 19.0. The van der Waals surface area contributed by atoms with Gasteiger partial charge in [0.05, 0.1) is 10.3 Å². The molecular weight excluding hydrogens is 380 g/mol. The van der Waals surface area contributed by atoms with Gasteiger partial charge in [0.15, 0.2) is 15.4 Å². The predicted octanol–water partition coefficient (Wildman–Crippen LogP) is 3.69. The molecule has 0 radical (unpaired) electrons. The minimum atomic E-state index is -3.79. The summed E-state index contributed by atoms with van der Waals surface area (Å²) >= 11 is 6.24. The summed E-state index contributed by atoms with van der Waals surface area (Å²) in [4.78, 5) is 16.6. The minimum Gasteiger partial charge on any atom is -0.465 e. The highest BCUT2D eigenvalue weighted by Gasteiger charge is 2.36. The second-order valence-corrected chi connectivity index (χ2v) is 10.1. The summed E-state index contributed by atoms with van der Waals surface area (Å²) in [6.45, 7) is 6.13. The van der Waals surface area contributed by atoms with Gasteiger partial charge in [-0.05, 0) is 25.0 Å². The summed E-state index contributed by atoms with van der Waals surface area (Å²) in [5, 5.41) is 8.43. The number of hydrogen-bond donors (Lipinski definition) is 1. The molecule has 9 heteroatoms. The van der Waals surface area contributed by atoms with Crippen LogP contribution in [0.1, 0.15) is 39.5 Å². The van der Waals surface area contributed by atoms with Crippen LogP contribution in [-0.2, 0) is 15.3 Å². The van der Waals surface area contributed by atoms with Crippen LogP contribution in [0.4, 0.5) is 4.79 Å². The quantitative estimate of drug-likeness (QED) is 0.824. The number of piperidine rings is 1. The van der Waals surface area contributed by atoms with Crippen LogP contribution < -0.4 is 0 Å². The number of carboxylic acid groups (broad SMARTS) is 1. The lowest BCUT2D eigenvalue weighted by atomic mass is 9.97. The molecule has 1 aromatic carbocycles. The zero-order valence-electron chi connectivity index (χ0n) is 14.8. The molecule has 0 unspecified atom stereocenters. The first-order valence-electron chi connectivity index (χ1n) is 8.33. The molecule has 1 aliphatic heterocycles. The number of sulfone groups is 1. The van der Waals surface area contributed by atoms with E-state index in [-0.39, 0.29) is 46.8 Å². The van der Waals surface area contributed by atoms with Gasteiger partial charge in [-0.1, -0.05) is 32.4 Å². The van der Waals surface area contributed by atoms with Crippen molar-refractivity contribution >= 4 is 38.6 Å². The van der Waals surface area contributed by atoms with Gasteiger partial charge >= 0.3 is 6.09 Å². The predicted molar refractivity (Wildman–Crippen MR) is 97.5 cm³/mol. The maximum absolute atomic E-state index is 13.2. The molecule has 3 rings (SSSR count). The smallest absolute Gasteiger partial charge is 0.407 e. The highest BCUT2D eigenvalue weighted by molar-refractivity contribution is 7.92. The summed E-state index contributed by atoms with van der Waals surface area (Å²) in [6.07, 6.45) is -0.588. The summed E-state index contributed by atoms with van der Waals surface area (Å²) in [7, 11) is -3.79. The Bertz CT molecular complexity index is 953. The lowest BCUT2D eigenvalue weighted by molar-refractivity contribution is 0.136. The lowest BCUT2D eigenvalue weighted by Gasteiger charge is -2.29. The van der Waals surface area contributed by atoms with Gasteiger partial charge in [0.1, 0.15) is 10.4 Å². The summed E-state index contributed by atoms with van der Waals surface area (Å²) in [6, 6.07) is 3.15. The van der Waals surface area contributed by atoms with E-state index in [4.69, 9.17) is 21.1 Å². The number of amides is 1. The number of rotatable bonds is 2. The van der Waals surface area contributed by atoms with Crippen molar-refractivity contribution in [2.24, 2.45) is 0 Å². The van der Waals surface area contributed by atoms with Gasteiger partial charge in [0.25, 0.3) is 0 Å². The van der Waals surface area contributed by atoms with Crippen LogP contribution in [0, 0.1) is 0 Å². The van der Waals surface area contributed by atoms with E-state index in [1.54, 1.807) is 6.07 Å². The van der Waals surface area contributed by atoms with E-state index in [2.05, 4.69) is 4.98 Å². The normalized spacial score (nSPS) is 17.0. The number of halogens is 1. The van der Waals surface area contributed by atoms with E-state index in [1.807, 2.05) is 20.8 Å². The third-order valence-electron chi connectivity index (χ3n) is 4.54. The molecular formula is C17H21ClN2O5S. The van der Waals surface area contributed by atoms with Crippen LogP contribution in [0.15, 0.2) is 21.4 Å². The first-order valence-corrected chi connectivity index (χ1v) is 10.3. The fraction of sp³-hybridized carbons (Fsp3) is 0.529. The van der Waals surface area contributed by atoms with Gasteiger partial charge in [0, 0.05) is 18.5 Å². The van der Waals surface area contributed by atoms with Crippen molar-refractivity contribution in [1.29, 1.82) is 0 Å². The average Bonchev–Trinajstić information content (AvgIpc) is 2.98. The molecule has 0 bridgehead atoms. The summed E-state index contributed by atoms with van der Waals surface area (Å²) in [5.41, 5.74) is 0.239.